The molecule has 2 heteroatoms. The average molecular weight is 146 g/mol. The van der Waals surface area contributed by atoms with Crippen molar-refractivity contribution < 1.29 is 5.11 Å². The monoisotopic (exact) mass is 146 g/mol. The molecule has 0 heterocycles. The molecule has 0 amide bonds. The second-order valence-electron chi connectivity index (χ2n) is 2.83. The third-order valence-electron chi connectivity index (χ3n) is 1.87. The van der Waals surface area contributed by atoms with Crippen LogP contribution in [0.4, 0.5) is 0 Å². The van der Waals surface area contributed by atoms with E-state index in [1.165, 1.54) is 19.3 Å². The van der Waals surface area contributed by atoms with Crippen molar-refractivity contribution in [3.8, 4) is 0 Å². The fraction of sp³-hybridized carbons (Fsp3) is 1.00. The summed E-state index contributed by atoms with van der Waals surface area (Å²) in [6.07, 6.45) is 5.40. The molecule has 54 valence electrons. The summed E-state index contributed by atoms with van der Waals surface area (Å²) < 4.78 is 0. The summed E-state index contributed by atoms with van der Waals surface area (Å²) in [5, 5.41) is 9.66. The van der Waals surface area contributed by atoms with Crippen LogP contribution in [0.2, 0.25) is 0 Å². The van der Waals surface area contributed by atoms with Gasteiger partial charge in [-0.1, -0.05) is 12.8 Å². The van der Waals surface area contributed by atoms with E-state index >= 15 is 0 Å². The average Bonchev–Trinajstić information content (AvgIpc) is 1.93. The second kappa shape index (κ2) is 3.47. The number of hydrogen-bond acceptors (Lipinski definition) is 2. The van der Waals surface area contributed by atoms with Gasteiger partial charge >= 0.3 is 0 Å². The molecule has 9 heavy (non-hydrogen) atoms. The third-order valence-corrected chi connectivity index (χ3v) is 2.34. The predicted octanol–water partition coefficient (Wildman–Crippen LogP) is 1.61. The molecule has 0 aromatic heterocycles. The number of hydrogen-bond donors (Lipinski definition) is 2. The van der Waals surface area contributed by atoms with E-state index in [9.17, 15) is 5.11 Å². The first-order valence-corrected chi connectivity index (χ1v) is 4.17. The standard InChI is InChI=1S/C7H14OS/c8-6-3-1-2-4-7(9)5-6/h6-9H,1-5H2. The number of aliphatic hydroxyl groups is 1. The van der Waals surface area contributed by atoms with Gasteiger partial charge in [0.15, 0.2) is 0 Å². The highest BCUT2D eigenvalue weighted by Gasteiger charge is 2.14. The van der Waals surface area contributed by atoms with Crippen molar-refractivity contribution in [2.75, 3.05) is 0 Å². The lowest BCUT2D eigenvalue weighted by atomic mass is 10.2. The lowest BCUT2D eigenvalue weighted by molar-refractivity contribution is 0.159. The molecule has 2 atom stereocenters. The molecule has 1 aliphatic carbocycles. The van der Waals surface area contributed by atoms with Crippen LogP contribution >= 0.6 is 12.6 Å². The zero-order valence-corrected chi connectivity index (χ0v) is 6.48. The molecule has 0 radical (unpaired) electrons. The Kier molecular flexibility index (Phi) is 2.86. The van der Waals surface area contributed by atoms with Gasteiger partial charge in [0.25, 0.3) is 0 Å². The minimum absolute atomic E-state index is 0.0741. The number of rotatable bonds is 0. The van der Waals surface area contributed by atoms with Crippen LogP contribution in [0.15, 0.2) is 0 Å². The Balaban J connectivity index is 2.29. The van der Waals surface area contributed by atoms with E-state index < -0.39 is 0 Å². The van der Waals surface area contributed by atoms with Gasteiger partial charge in [0.2, 0.25) is 0 Å². The summed E-state index contributed by atoms with van der Waals surface area (Å²) in [4.78, 5) is 0. The first kappa shape index (κ1) is 7.42. The summed E-state index contributed by atoms with van der Waals surface area (Å²) in [5.74, 6) is 0. The molecule has 0 saturated heterocycles. The highest BCUT2D eigenvalue weighted by atomic mass is 32.1. The lowest BCUT2D eigenvalue weighted by Crippen LogP contribution is -2.09. The van der Waals surface area contributed by atoms with Gasteiger partial charge < -0.3 is 5.11 Å². The van der Waals surface area contributed by atoms with E-state index in [0.717, 1.165) is 12.8 Å². The van der Waals surface area contributed by atoms with Crippen molar-refractivity contribution in [2.24, 2.45) is 0 Å². The van der Waals surface area contributed by atoms with Crippen LogP contribution in [0.1, 0.15) is 32.1 Å². The minimum Gasteiger partial charge on any atom is -0.393 e. The van der Waals surface area contributed by atoms with Crippen molar-refractivity contribution in [3.63, 3.8) is 0 Å². The van der Waals surface area contributed by atoms with Crippen LogP contribution in [0.5, 0.6) is 0 Å². The summed E-state index contributed by atoms with van der Waals surface area (Å²) in [7, 11) is 0. The van der Waals surface area contributed by atoms with Crippen molar-refractivity contribution >= 4 is 12.6 Å². The van der Waals surface area contributed by atoms with Gasteiger partial charge in [-0.2, -0.15) is 12.6 Å². The van der Waals surface area contributed by atoms with E-state index in [4.69, 9.17) is 0 Å². The maximum atomic E-state index is 9.21. The van der Waals surface area contributed by atoms with Gasteiger partial charge in [0, 0.05) is 5.25 Å². The molecule has 1 N–H and O–H groups in total. The molecule has 1 fully saturated rings. The summed E-state index contributed by atoms with van der Waals surface area (Å²) in [6, 6.07) is 0. The van der Waals surface area contributed by atoms with Crippen LogP contribution in [-0.4, -0.2) is 16.5 Å². The minimum atomic E-state index is -0.0741. The van der Waals surface area contributed by atoms with Crippen LogP contribution in [0, 0.1) is 0 Å². The Labute approximate surface area is 61.9 Å². The lowest BCUT2D eigenvalue weighted by Gasteiger charge is -2.08. The Bertz CT molecular complexity index is 75.0. The smallest absolute Gasteiger partial charge is 0.0550 e. The molecule has 0 aromatic carbocycles. The molecule has 0 bridgehead atoms. The zero-order valence-electron chi connectivity index (χ0n) is 5.58. The van der Waals surface area contributed by atoms with Gasteiger partial charge in [-0.15, -0.1) is 0 Å². The van der Waals surface area contributed by atoms with Gasteiger partial charge in [-0.05, 0) is 19.3 Å². The van der Waals surface area contributed by atoms with Gasteiger partial charge in [0.05, 0.1) is 6.10 Å². The van der Waals surface area contributed by atoms with E-state index in [1.807, 2.05) is 0 Å². The normalized spacial score (nSPS) is 38.0. The van der Waals surface area contributed by atoms with Crippen LogP contribution in [0.25, 0.3) is 0 Å². The second-order valence-corrected chi connectivity index (χ2v) is 3.56. The molecule has 2 unspecified atom stereocenters. The Morgan fingerprint density at radius 1 is 1.22 bits per heavy atom. The fourth-order valence-corrected chi connectivity index (χ4v) is 1.74. The largest absolute Gasteiger partial charge is 0.393 e. The first-order chi connectivity index (χ1) is 4.29. The van der Waals surface area contributed by atoms with E-state index in [-0.39, 0.29) is 6.10 Å². The topological polar surface area (TPSA) is 20.2 Å². The SMILES string of the molecule is OC1CCCCC(S)C1. The third kappa shape index (κ3) is 2.59. The molecular weight excluding hydrogens is 132 g/mol. The molecule has 1 nitrogen and oxygen atoms in total. The molecule has 0 aromatic rings. The maximum absolute atomic E-state index is 9.21. The molecular formula is C7H14OS. The van der Waals surface area contributed by atoms with Gasteiger partial charge in [0.1, 0.15) is 0 Å². The molecule has 1 saturated carbocycles. The van der Waals surface area contributed by atoms with Crippen molar-refractivity contribution in [3.05, 3.63) is 0 Å². The van der Waals surface area contributed by atoms with E-state index in [2.05, 4.69) is 12.6 Å². The molecule has 1 rings (SSSR count). The van der Waals surface area contributed by atoms with Crippen molar-refractivity contribution in [2.45, 2.75) is 43.5 Å². The fourth-order valence-electron chi connectivity index (χ4n) is 1.31. The van der Waals surface area contributed by atoms with E-state index in [0.29, 0.717) is 5.25 Å². The zero-order chi connectivity index (χ0) is 6.69. The molecule has 0 spiro atoms. The molecule has 0 aliphatic heterocycles. The summed E-state index contributed by atoms with van der Waals surface area (Å²) in [6.45, 7) is 0. The summed E-state index contributed by atoms with van der Waals surface area (Å²) in [5.41, 5.74) is 0. The maximum Gasteiger partial charge on any atom is 0.0550 e. The van der Waals surface area contributed by atoms with Crippen LogP contribution < -0.4 is 0 Å². The Hall–Kier alpha value is 0.310. The highest BCUT2D eigenvalue weighted by molar-refractivity contribution is 7.80. The van der Waals surface area contributed by atoms with Gasteiger partial charge in [-0.3, -0.25) is 0 Å². The predicted molar refractivity (Wildman–Crippen MR) is 41.9 cm³/mol. The number of thiol groups is 1. The van der Waals surface area contributed by atoms with Crippen LogP contribution in [0.3, 0.4) is 0 Å². The first-order valence-electron chi connectivity index (χ1n) is 3.65. The molecule has 1 aliphatic rings. The quantitative estimate of drug-likeness (QED) is 0.393. The van der Waals surface area contributed by atoms with Gasteiger partial charge in [-0.25, -0.2) is 0 Å². The summed E-state index contributed by atoms with van der Waals surface area (Å²) >= 11 is 4.33. The van der Waals surface area contributed by atoms with Crippen molar-refractivity contribution in [1.82, 2.24) is 0 Å². The van der Waals surface area contributed by atoms with Crippen LogP contribution in [-0.2, 0) is 0 Å². The number of aliphatic hydroxyl groups excluding tert-OH is 1. The van der Waals surface area contributed by atoms with Crippen molar-refractivity contribution in [1.29, 1.82) is 0 Å². The highest BCUT2D eigenvalue weighted by Crippen LogP contribution is 2.21. The Morgan fingerprint density at radius 3 is 2.67 bits per heavy atom. The van der Waals surface area contributed by atoms with E-state index in [1.54, 1.807) is 0 Å². The Morgan fingerprint density at radius 2 is 1.89 bits per heavy atom.